The Labute approximate surface area is 271 Å². The number of ether oxygens (including phenoxy) is 2. The summed E-state index contributed by atoms with van der Waals surface area (Å²) in [6.45, 7) is -1.04. The zero-order chi connectivity index (χ0) is 34.6. The molecule has 3 heterocycles. The lowest BCUT2D eigenvalue weighted by atomic mass is 9.80. The van der Waals surface area contributed by atoms with Gasteiger partial charge in [-0.3, -0.25) is 9.59 Å². The molecule has 0 radical (unpaired) electrons. The average molecular weight is 703 g/mol. The first kappa shape index (κ1) is 34.0. The van der Waals surface area contributed by atoms with Gasteiger partial charge in [-0.25, -0.2) is 23.1 Å². The zero-order valence-electron chi connectivity index (χ0n) is 24.1. The summed E-state index contributed by atoms with van der Waals surface area (Å²) in [7, 11) is 1.28. The summed E-state index contributed by atoms with van der Waals surface area (Å²) in [5.74, 6) is -4.13. The van der Waals surface area contributed by atoms with E-state index in [1.807, 2.05) is 5.32 Å². The fourth-order valence-electron chi connectivity index (χ4n) is 5.07. The van der Waals surface area contributed by atoms with Crippen LogP contribution in [0.4, 0.5) is 26.3 Å². The van der Waals surface area contributed by atoms with Crippen LogP contribution < -0.4 is 20.5 Å². The molecular weight excluding hydrogens is 681 g/mol. The molecule has 1 unspecified atom stereocenters. The Morgan fingerprint density at radius 2 is 1.83 bits per heavy atom. The van der Waals surface area contributed by atoms with Crippen molar-refractivity contribution in [3.8, 4) is 22.8 Å². The van der Waals surface area contributed by atoms with E-state index in [-0.39, 0.29) is 21.9 Å². The third-order valence-corrected chi connectivity index (χ3v) is 8.47. The Hall–Kier alpha value is -4.34. The number of aromatic nitrogens is 2. The van der Waals surface area contributed by atoms with Gasteiger partial charge in [0.05, 0.1) is 35.1 Å². The van der Waals surface area contributed by atoms with Crippen molar-refractivity contribution in [3.05, 3.63) is 80.8 Å². The monoisotopic (exact) mass is 702 g/mol. The Morgan fingerprint density at radius 1 is 1.13 bits per heavy atom. The van der Waals surface area contributed by atoms with Gasteiger partial charge in [-0.15, -0.1) is 0 Å². The fraction of sp³-hybridized carbons (Fsp3) is 0.267. The van der Waals surface area contributed by atoms with Gasteiger partial charge in [-0.2, -0.15) is 13.2 Å². The third-order valence-electron chi connectivity index (χ3n) is 7.79. The quantitative estimate of drug-likeness (QED) is 0.203. The number of methoxy groups -OCH3 is 1. The van der Waals surface area contributed by atoms with Crippen LogP contribution in [0.15, 0.2) is 42.5 Å². The number of nitrogens with zero attached hydrogens (tertiary/aromatic N) is 2. The number of amides is 2. The molecule has 2 amide bonds. The van der Waals surface area contributed by atoms with Crippen molar-refractivity contribution in [2.75, 3.05) is 20.3 Å². The standard InChI is InChI=1S/C30H22Cl2F6N4O5/c1-12-17(31)7-14-5-15(8-20(46-2)22(14)41-12)25(43)40-10-29(45,30(36,37)38)21-9-16-24(47-11-28(16,26(34)35)27(39)44)23(42-21)13-3-4-19(33)18(32)6-13/h3-9,26,45H,10-11H2,1-2H3,(H2,39,44)(H,40,43)/t28-,29?/m1/s1. The largest absolute Gasteiger partial charge is 0.494 e. The number of pyridine rings is 2. The second-order valence-corrected chi connectivity index (χ2v) is 11.4. The van der Waals surface area contributed by atoms with Gasteiger partial charge < -0.3 is 25.6 Å². The van der Waals surface area contributed by atoms with Crippen molar-refractivity contribution in [1.82, 2.24) is 15.3 Å². The molecule has 4 N–H and O–H groups in total. The molecule has 0 spiro atoms. The van der Waals surface area contributed by atoms with E-state index in [0.29, 0.717) is 22.7 Å². The van der Waals surface area contributed by atoms with Crippen molar-refractivity contribution >= 4 is 45.9 Å². The van der Waals surface area contributed by atoms with Crippen molar-refractivity contribution < 1.29 is 50.5 Å². The molecule has 2 aromatic heterocycles. The van der Waals surface area contributed by atoms with Gasteiger partial charge in [-0.05, 0) is 49.4 Å². The number of aryl methyl sites for hydroxylation is 1. The molecule has 2 aromatic carbocycles. The van der Waals surface area contributed by atoms with Gasteiger partial charge in [0, 0.05) is 22.1 Å². The molecule has 0 saturated heterocycles. The number of benzene rings is 2. The second kappa shape index (κ2) is 12.0. The maximum atomic E-state index is 14.7. The molecule has 248 valence electrons. The van der Waals surface area contributed by atoms with Crippen LogP contribution in [0.5, 0.6) is 11.5 Å². The molecule has 0 bridgehead atoms. The van der Waals surface area contributed by atoms with E-state index in [9.17, 15) is 41.0 Å². The van der Waals surface area contributed by atoms with E-state index in [0.717, 1.165) is 18.2 Å². The average Bonchev–Trinajstić information content (AvgIpc) is 3.41. The number of hydrogen-bond acceptors (Lipinski definition) is 7. The van der Waals surface area contributed by atoms with Gasteiger partial charge in [0.15, 0.2) is 5.41 Å². The minimum atomic E-state index is -5.60. The Bertz CT molecular complexity index is 1950. The summed E-state index contributed by atoms with van der Waals surface area (Å²) in [6.07, 6.45) is -9.18. The van der Waals surface area contributed by atoms with Crippen molar-refractivity contribution in [2.45, 2.75) is 30.5 Å². The molecule has 1 aliphatic heterocycles. The van der Waals surface area contributed by atoms with Crippen molar-refractivity contribution in [2.24, 2.45) is 5.73 Å². The molecule has 4 aromatic rings. The minimum Gasteiger partial charge on any atom is -0.494 e. The molecule has 5 rings (SSSR count). The summed E-state index contributed by atoms with van der Waals surface area (Å²) < 4.78 is 97.7. The first-order valence-electron chi connectivity index (χ1n) is 13.4. The molecule has 1 aliphatic rings. The van der Waals surface area contributed by atoms with E-state index in [4.69, 9.17) is 38.4 Å². The first-order valence-corrected chi connectivity index (χ1v) is 14.1. The lowest BCUT2D eigenvalue weighted by Gasteiger charge is -2.32. The van der Waals surface area contributed by atoms with E-state index >= 15 is 0 Å². The third kappa shape index (κ3) is 5.65. The molecule has 0 aliphatic carbocycles. The number of nitrogens with two attached hydrogens (primary N) is 1. The fourth-order valence-corrected chi connectivity index (χ4v) is 5.41. The van der Waals surface area contributed by atoms with Crippen LogP contribution >= 0.6 is 23.2 Å². The van der Waals surface area contributed by atoms with E-state index in [1.54, 1.807) is 6.92 Å². The smallest absolute Gasteiger partial charge is 0.424 e. The van der Waals surface area contributed by atoms with Crippen molar-refractivity contribution in [3.63, 3.8) is 0 Å². The van der Waals surface area contributed by atoms with E-state index in [2.05, 4.69) is 9.97 Å². The summed E-state index contributed by atoms with van der Waals surface area (Å²) in [5.41, 5.74) is -4.03. The number of halogens is 8. The van der Waals surface area contributed by atoms with Gasteiger partial charge in [0.25, 0.3) is 12.3 Å². The maximum Gasteiger partial charge on any atom is 0.424 e. The molecule has 2 atom stereocenters. The van der Waals surface area contributed by atoms with Crippen LogP contribution in [0.25, 0.3) is 22.2 Å². The maximum absolute atomic E-state index is 14.7. The van der Waals surface area contributed by atoms with Crippen LogP contribution in [-0.4, -0.2) is 59.8 Å². The minimum absolute atomic E-state index is 0.0937. The lowest BCUT2D eigenvalue weighted by Crippen LogP contribution is -2.52. The number of rotatable bonds is 8. The number of nitrogens with one attached hydrogen (secondary N) is 1. The Balaban J connectivity index is 1.64. The predicted octanol–water partition coefficient (Wildman–Crippen LogP) is 5.62. The highest BCUT2D eigenvalue weighted by atomic mass is 35.5. The number of alkyl halides is 5. The summed E-state index contributed by atoms with van der Waals surface area (Å²) >= 11 is 12.0. The number of carbonyl (C=O) groups excluding carboxylic acids is 2. The summed E-state index contributed by atoms with van der Waals surface area (Å²) in [5, 5.41) is 13.3. The summed E-state index contributed by atoms with van der Waals surface area (Å²) in [4.78, 5) is 33.8. The molecule has 47 heavy (non-hydrogen) atoms. The summed E-state index contributed by atoms with van der Waals surface area (Å²) in [6, 6.07) is 7.16. The number of fused-ring (bicyclic) bond motifs is 2. The Morgan fingerprint density at radius 3 is 2.43 bits per heavy atom. The van der Waals surface area contributed by atoms with Crippen molar-refractivity contribution in [1.29, 1.82) is 0 Å². The highest BCUT2D eigenvalue weighted by Crippen LogP contribution is 2.50. The lowest BCUT2D eigenvalue weighted by molar-refractivity contribution is -0.265. The topological polar surface area (TPSA) is 137 Å². The number of primary amides is 1. The second-order valence-electron chi connectivity index (χ2n) is 10.6. The normalized spacial score (nSPS) is 17.3. The van der Waals surface area contributed by atoms with Gasteiger partial charge in [-0.1, -0.05) is 23.2 Å². The number of aliphatic hydroxyl groups is 1. The molecular formula is C30H22Cl2F6N4O5. The Kier molecular flexibility index (Phi) is 8.71. The first-order chi connectivity index (χ1) is 21.9. The van der Waals surface area contributed by atoms with Gasteiger partial charge in [0.2, 0.25) is 11.5 Å². The zero-order valence-corrected chi connectivity index (χ0v) is 25.6. The molecule has 0 saturated carbocycles. The van der Waals surface area contributed by atoms with Crippen LogP contribution in [0.3, 0.4) is 0 Å². The van der Waals surface area contributed by atoms with E-state index < -0.39 is 82.1 Å². The van der Waals surface area contributed by atoms with Crippen LogP contribution in [0.1, 0.15) is 27.3 Å². The van der Waals surface area contributed by atoms with E-state index in [1.165, 1.54) is 25.3 Å². The highest BCUT2D eigenvalue weighted by Gasteiger charge is 2.60. The van der Waals surface area contributed by atoms with Gasteiger partial charge in [0.1, 0.15) is 35.1 Å². The van der Waals surface area contributed by atoms with Gasteiger partial charge >= 0.3 is 6.18 Å². The number of carbonyl (C=O) groups is 2. The molecule has 0 fully saturated rings. The number of hydrogen-bond donors (Lipinski definition) is 3. The van der Waals surface area contributed by atoms with Crippen LogP contribution in [0, 0.1) is 12.7 Å². The molecule has 9 nitrogen and oxygen atoms in total. The van der Waals surface area contributed by atoms with Crippen LogP contribution in [0.2, 0.25) is 10.0 Å². The van der Waals surface area contributed by atoms with Crippen LogP contribution in [-0.2, 0) is 15.8 Å². The molecule has 17 heteroatoms. The SMILES string of the molecule is COc1cc(C(=O)NCC(O)(c2cc3c(c(-c4ccc(F)c(Cl)c4)n2)OC[C@]3(C(N)=O)C(F)F)C(F)(F)F)cc2cc(Cl)c(C)nc12. The predicted molar refractivity (Wildman–Crippen MR) is 157 cm³/mol. The highest BCUT2D eigenvalue weighted by molar-refractivity contribution is 6.32.